The molecule has 0 saturated heterocycles. The van der Waals surface area contributed by atoms with Gasteiger partial charge < -0.3 is 10.6 Å². The third-order valence-electron chi connectivity index (χ3n) is 7.54. The molecule has 2 aliphatic carbocycles. The predicted molar refractivity (Wildman–Crippen MR) is 186 cm³/mol. The van der Waals surface area contributed by atoms with Crippen molar-refractivity contribution in [3.8, 4) is 24.7 Å². The second kappa shape index (κ2) is 16.2. The molecule has 2 N–H and O–H groups in total. The number of rotatable bonds is 10. The van der Waals surface area contributed by atoms with E-state index < -0.39 is 10.8 Å². The molecule has 4 nitrogen and oxygen atoms in total. The van der Waals surface area contributed by atoms with Crippen molar-refractivity contribution in [2.24, 2.45) is 10.8 Å². The summed E-state index contributed by atoms with van der Waals surface area (Å²) in [4.78, 5) is 25.8. The maximum Gasteiger partial charge on any atom is 0.238 e. The fourth-order valence-electron chi connectivity index (χ4n) is 4.73. The minimum atomic E-state index is -0.655. The summed E-state index contributed by atoms with van der Waals surface area (Å²) in [7, 11) is 0. The standard InChI is InChI=1S/C18H19Cl2NOS.C15H13Cl2NOS/c1-2-18(8-4-3-5-9-18)17(22)21-12-14(23)10-13-6-7-15(19)16(20)11-13;1-2-15(5-6-15)14(19)18-9-11(20)7-10-3-4-12(16)13(17)8-10/h1,6-7,11H,3-5,8-10,12H2,(H,21,22);1,3-4,8H,5-7,9H2,(H,18,19). The van der Waals surface area contributed by atoms with Crippen LogP contribution in [0.5, 0.6) is 0 Å². The zero-order valence-corrected chi connectivity index (χ0v) is 28.2. The normalized spacial score (nSPS) is 15.9. The van der Waals surface area contributed by atoms with Crippen LogP contribution in [0.4, 0.5) is 0 Å². The SMILES string of the molecule is C#CC1(C(=O)NCC(=S)Cc2ccc(Cl)c(Cl)c2)CC1.C#CC1(C(=O)NCC(=S)Cc2ccc(Cl)c(Cl)c2)CCCCC1. The average molecular weight is 695 g/mol. The second-order valence-corrected chi connectivity index (χ2v) is 13.6. The highest BCUT2D eigenvalue weighted by Gasteiger charge is 2.48. The molecule has 0 heterocycles. The Hall–Kier alpha value is -2.16. The Kier molecular flexibility index (Phi) is 13.3. The molecule has 2 aliphatic rings. The molecule has 4 rings (SSSR count). The van der Waals surface area contributed by atoms with Gasteiger partial charge in [0, 0.05) is 35.7 Å². The fourth-order valence-corrected chi connectivity index (χ4v) is 5.85. The molecule has 2 aromatic carbocycles. The molecule has 0 bridgehead atoms. The molecule has 0 aromatic heterocycles. The summed E-state index contributed by atoms with van der Waals surface area (Å²) in [6.45, 7) is 0.690. The summed E-state index contributed by atoms with van der Waals surface area (Å²) in [5.74, 6) is 5.10. The van der Waals surface area contributed by atoms with Crippen LogP contribution in [-0.4, -0.2) is 34.6 Å². The topological polar surface area (TPSA) is 58.2 Å². The predicted octanol–water partition coefficient (Wildman–Crippen LogP) is 8.04. The van der Waals surface area contributed by atoms with Crippen molar-refractivity contribution in [1.82, 2.24) is 10.6 Å². The number of halogens is 4. The highest BCUT2D eigenvalue weighted by atomic mass is 35.5. The minimum Gasteiger partial charge on any atom is -0.350 e. The van der Waals surface area contributed by atoms with Crippen molar-refractivity contribution in [3.05, 3.63) is 67.6 Å². The first-order chi connectivity index (χ1) is 20.4. The first kappa shape index (κ1) is 35.3. The molecular formula is C33H32Cl4N2O2S2. The molecule has 0 atom stereocenters. The first-order valence-corrected chi connectivity index (χ1v) is 16.2. The second-order valence-electron chi connectivity index (χ2n) is 10.8. The van der Waals surface area contributed by atoms with Crippen molar-refractivity contribution in [1.29, 1.82) is 0 Å². The molecule has 2 fully saturated rings. The molecule has 2 amide bonds. The zero-order valence-electron chi connectivity index (χ0n) is 23.5. The number of hydrogen-bond acceptors (Lipinski definition) is 4. The lowest BCUT2D eigenvalue weighted by molar-refractivity contribution is -0.129. The number of hydrogen-bond donors (Lipinski definition) is 2. The number of benzene rings is 2. The molecular weight excluding hydrogens is 662 g/mol. The summed E-state index contributed by atoms with van der Waals surface area (Å²) < 4.78 is 0. The number of nitrogens with one attached hydrogen (secondary N) is 2. The van der Waals surface area contributed by atoms with Gasteiger partial charge in [0.15, 0.2) is 0 Å². The maximum absolute atomic E-state index is 12.5. The summed E-state index contributed by atoms with van der Waals surface area (Å²) in [6, 6.07) is 10.8. The van der Waals surface area contributed by atoms with Crippen LogP contribution < -0.4 is 10.6 Å². The third-order valence-corrected chi connectivity index (χ3v) is 9.60. The van der Waals surface area contributed by atoms with Gasteiger partial charge in [0.25, 0.3) is 0 Å². The zero-order chi connectivity index (χ0) is 31.6. The van der Waals surface area contributed by atoms with E-state index in [0.717, 1.165) is 65.8 Å². The Balaban J connectivity index is 0.000000238. The van der Waals surface area contributed by atoms with Gasteiger partial charge in [-0.1, -0.05) is 114 Å². The van der Waals surface area contributed by atoms with E-state index in [-0.39, 0.29) is 11.8 Å². The van der Waals surface area contributed by atoms with Crippen LogP contribution in [0.15, 0.2) is 36.4 Å². The summed E-state index contributed by atoms with van der Waals surface area (Å²) >= 11 is 34.3. The number of carbonyl (C=O) groups excluding carboxylic acids is 2. The molecule has 0 spiro atoms. The Labute approximate surface area is 284 Å². The van der Waals surface area contributed by atoms with Crippen LogP contribution in [-0.2, 0) is 22.4 Å². The van der Waals surface area contributed by atoms with E-state index in [4.69, 9.17) is 83.7 Å². The highest BCUT2D eigenvalue weighted by molar-refractivity contribution is 7.80. The summed E-state index contributed by atoms with van der Waals surface area (Å²) in [5.41, 5.74) is 0.705. The van der Waals surface area contributed by atoms with Crippen molar-refractivity contribution < 1.29 is 9.59 Å². The number of amides is 2. The maximum atomic E-state index is 12.5. The first-order valence-electron chi connectivity index (χ1n) is 13.9. The Morgan fingerprint density at radius 1 is 0.674 bits per heavy atom. The van der Waals surface area contributed by atoms with E-state index in [9.17, 15) is 9.59 Å². The van der Waals surface area contributed by atoms with Crippen molar-refractivity contribution >= 4 is 92.4 Å². The summed E-state index contributed by atoms with van der Waals surface area (Å²) in [5, 5.41) is 7.74. The lowest BCUT2D eigenvalue weighted by Crippen LogP contribution is -2.43. The number of carbonyl (C=O) groups is 2. The van der Waals surface area contributed by atoms with Crippen LogP contribution >= 0.6 is 70.8 Å². The number of thiocarbonyl (C=S) groups is 2. The van der Waals surface area contributed by atoms with Crippen LogP contribution in [0.1, 0.15) is 56.1 Å². The highest BCUT2D eigenvalue weighted by Crippen LogP contribution is 2.45. The minimum absolute atomic E-state index is 0.0730. The molecule has 0 unspecified atom stereocenters. The van der Waals surface area contributed by atoms with E-state index in [2.05, 4.69) is 22.5 Å². The third kappa shape index (κ3) is 10.2. The number of terminal acetylenes is 2. The van der Waals surface area contributed by atoms with Gasteiger partial charge in [-0.15, -0.1) is 12.8 Å². The summed E-state index contributed by atoms with van der Waals surface area (Å²) in [6.07, 6.45) is 18.3. The van der Waals surface area contributed by atoms with Crippen LogP contribution in [0, 0.1) is 35.5 Å². The van der Waals surface area contributed by atoms with Gasteiger partial charge in [-0.05, 0) is 61.1 Å². The van der Waals surface area contributed by atoms with E-state index >= 15 is 0 Å². The van der Waals surface area contributed by atoms with Gasteiger partial charge in [0.2, 0.25) is 11.8 Å². The molecule has 2 saturated carbocycles. The fraction of sp³-hybridized carbons (Fsp3) is 0.394. The van der Waals surface area contributed by atoms with Crippen LogP contribution in [0.3, 0.4) is 0 Å². The lowest BCUT2D eigenvalue weighted by Gasteiger charge is -2.31. The van der Waals surface area contributed by atoms with Gasteiger partial charge >= 0.3 is 0 Å². The molecule has 2 aromatic rings. The van der Waals surface area contributed by atoms with E-state index in [0.29, 0.717) is 46.0 Å². The lowest BCUT2D eigenvalue weighted by atomic mass is 9.74. The van der Waals surface area contributed by atoms with Gasteiger partial charge in [-0.2, -0.15) is 0 Å². The Morgan fingerprint density at radius 2 is 1.07 bits per heavy atom. The van der Waals surface area contributed by atoms with Crippen LogP contribution in [0.25, 0.3) is 0 Å². The van der Waals surface area contributed by atoms with E-state index in [1.54, 1.807) is 24.3 Å². The van der Waals surface area contributed by atoms with Gasteiger partial charge in [0.05, 0.1) is 20.1 Å². The Morgan fingerprint density at radius 3 is 1.42 bits per heavy atom. The molecule has 43 heavy (non-hydrogen) atoms. The van der Waals surface area contributed by atoms with Crippen molar-refractivity contribution in [3.63, 3.8) is 0 Å². The van der Waals surface area contributed by atoms with Crippen molar-refractivity contribution in [2.75, 3.05) is 13.1 Å². The monoisotopic (exact) mass is 692 g/mol. The van der Waals surface area contributed by atoms with Gasteiger partial charge in [-0.25, -0.2) is 0 Å². The largest absolute Gasteiger partial charge is 0.350 e. The van der Waals surface area contributed by atoms with Gasteiger partial charge in [0.1, 0.15) is 10.8 Å². The molecule has 0 radical (unpaired) electrons. The molecule has 226 valence electrons. The molecule has 0 aliphatic heterocycles. The van der Waals surface area contributed by atoms with E-state index in [1.807, 2.05) is 12.1 Å². The van der Waals surface area contributed by atoms with Crippen molar-refractivity contribution in [2.45, 2.75) is 57.8 Å². The smallest absolute Gasteiger partial charge is 0.238 e. The molecule has 10 heteroatoms. The van der Waals surface area contributed by atoms with Gasteiger partial charge in [-0.3, -0.25) is 9.59 Å². The quantitative estimate of drug-likeness (QED) is 0.195. The Bertz CT molecular complexity index is 1470. The van der Waals surface area contributed by atoms with Crippen LogP contribution in [0.2, 0.25) is 20.1 Å². The van der Waals surface area contributed by atoms with E-state index in [1.165, 1.54) is 0 Å². The average Bonchev–Trinajstić information content (AvgIpc) is 3.81.